The Bertz CT molecular complexity index is 717. The number of aliphatic hydroxyl groups excluding tert-OH is 1. The third-order valence-corrected chi connectivity index (χ3v) is 3.71. The van der Waals surface area contributed by atoms with Gasteiger partial charge >= 0.3 is 0 Å². The molecular formula is C19H21ClN2O3. The summed E-state index contributed by atoms with van der Waals surface area (Å²) in [7, 11) is 0. The van der Waals surface area contributed by atoms with E-state index in [-0.39, 0.29) is 12.3 Å². The number of aliphatic hydroxyl groups is 1. The molecule has 1 atom stereocenters. The van der Waals surface area contributed by atoms with E-state index >= 15 is 0 Å². The van der Waals surface area contributed by atoms with Gasteiger partial charge < -0.3 is 9.84 Å². The molecular weight excluding hydrogens is 340 g/mol. The number of nitrogens with one attached hydrogen (secondary N) is 1. The number of hydrazone groups is 1. The van der Waals surface area contributed by atoms with Crippen LogP contribution in [0.25, 0.3) is 0 Å². The Kier molecular flexibility index (Phi) is 7.44. The van der Waals surface area contributed by atoms with Crippen molar-refractivity contribution >= 4 is 23.7 Å². The van der Waals surface area contributed by atoms with E-state index in [0.29, 0.717) is 18.1 Å². The molecule has 0 saturated heterocycles. The molecule has 0 aliphatic heterocycles. The van der Waals surface area contributed by atoms with Crippen LogP contribution in [0.2, 0.25) is 5.02 Å². The summed E-state index contributed by atoms with van der Waals surface area (Å²) in [5, 5.41) is 14.6. The lowest BCUT2D eigenvalue weighted by Gasteiger charge is -2.11. The molecule has 0 fully saturated rings. The molecule has 0 aromatic heterocycles. The second kappa shape index (κ2) is 9.81. The van der Waals surface area contributed by atoms with E-state index in [2.05, 4.69) is 10.5 Å². The Morgan fingerprint density at radius 3 is 2.76 bits per heavy atom. The molecule has 2 aromatic carbocycles. The number of carbonyl (C=O) groups excluding carboxylic acids is 1. The molecule has 1 amide bonds. The Morgan fingerprint density at radius 2 is 2.08 bits per heavy atom. The van der Waals surface area contributed by atoms with Crippen molar-refractivity contribution in [2.24, 2.45) is 5.10 Å². The molecule has 0 saturated carbocycles. The van der Waals surface area contributed by atoms with Crippen molar-refractivity contribution in [1.82, 2.24) is 5.43 Å². The zero-order valence-corrected chi connectivity index (χ0v) is 14.7. The van der Waals surface area contributed by atoms with E-state index in [1.165, 1.54) is 6.21 Å². The smallest absolute Gasteiger partial charge is 0.240 e. The predicted molar refractivity (Wildman–Crippen MR) is 99.0 cm³/mol. The van der Waals surface area contributed by atoms with Gasteiger partial charge in [-0.05, 0) is 48.7 Å². The molecule has 2 rings (SSSR count). The maximum Gasteiger partial charge on any atom is 0.240 e. The average molecular weight is 361 g/mol. The van der Waals surface area contributed by atoms with Crippen molar-refractivity contribution in [2.75, 3.05) is 6.61 Å². The Labute approximate surface area is 152 Å². The molecule has 0 aliphatic carbocycles. The first-order valence-electron chi connectivity index (χ1n) is 8.06. The molecule has 25 heavy (non-hydrogen) atoms. The normalized spacial score (nSPS) is 12.1. The minimum atomic E-state index is -0.710. The number of hydrogen-bond donors (Lipinski definition) is 2. The quantitative estimate of drug-likeness (QED) is 0.557. The molecule has 6 heteroatoms. The highest BCUT2D eigenvalue weighted by molar-refractivity contribution is 6.30. The molecule has 2 N–H and O–H groups in total. The van der Waals surface area contributed by atoms with E-state index in [1.54, 1.807) is 42.5 Å². The van der Waals surface area contributed by atoms with E-state index < -0.39 is 6.10 Å². The molecule has 132 valence electrons. The second-order valence-corrected chi connectivity index (χ2v) is 5.84. The van der Waals surface area contributed by atoms with Gasteiger partial charge in [-0.2, -0.15) is 5.10 Å². The fraction of sp³-hybridized carbons (Fsp3) is 0.263. The Morgan fingerprint density at radius 1 is 1.32 bits per heavy atom. The van der Waals surface area contributed by atoms with Crippen LogP contribution in [0.1, 0.15) is 37.0 Å². The fourth-order valence-corrected chi connectivity index (χ4v) is 2.41. The van der Waals surface area contributed by atoms with Crippen LogP contribution < -0.4 is 10.2 Å². The number of ether oxygens (including phenoxy) is 1. The van der Waals surface area contributed by atoms with Crippen LogP contribution in [0.5, 0.6) is 5.75 Å². The first kappa shape index (κ1) is 19.0. The summed E-state index contributed by atoms with van der Waals surface area (Å²) in [6, 6.07) is 14.3. The summed E-state index contributed by atoms with van der Waals surface area (Å²) in [5.74, 6) is 0.495. The molecule has 0 heterocycles. The Balaban J connectivity index is 1.77. The lowest BCUT2D eigenvalue weighted by molar-refractivity contribution is -0.121. The van der Waals surface area contributed by atoms with Crippen molar-refractivity contribution in [3.8, 4) is 5.75 Å². The molecule has 5 nitrogen and oxygen atoms in total. The highest BCUT2D eigenvalue weighted by Crippen LogP contribution is 2.21. The lowest BCUT2D eigenvalue weighted by atomic mass is 10.0. The number of carbonyl (C=O) groups is 1. The average Bonchev–Trinajstić information content (AvgIpc) is 2.61. The van der Waals surface area contributed by atoms with Crippen molar-refractivity contribution in [1.29, 1.82) is 0 Å². The van der Waals surface area contributed by atoms with Crippen LogP contribution >= 0.6 is 11.6 Å². The summed E-state index contributed by atoms with van der Waals surface area (Å²) in [4.78, 5) is 11.8. The summed E-state index contributed by atoms with van der Waals surface area (Å²) in [6.45, 7) is 2.51. The first-order valence-corrected chi connectivity index (χ1v) is 8.44. The SMILES string of the molecule is CCOc1ccc([C@@H](O)CCC(=O)N/N=C/c2cccc(Cl)c2)cc1. The topological polar surface area (TPSA) is 70.9 Å². The highest BCUT2D eigenvalue weighted by Gasteiger charge is 2.10. The molecule has 0 radical (unpaired) electrons. The molecule has 0 spiro atoms. The molecule has 2 aromatic rings. The van der Waals surface area contributed by atoms with Crippen LogP contribution in [0, 0.1) is 0 Å². The minimum absolute atomic E-state index is 0.168. The number of benzene rings is 2. The molecule has 0 bridgehead atoms. The van der Waals surface area contributed by atoms with Crippen molar-refractivity contribution in [2.45, 2.75) is 25.9 Å². The van der Waals surface area contributed by atoms with Gasteiger partial charge in [0.15, 0.2) is 0 Å². The fourth-order valence-electron chi connectivity index (χ4n) is 2.21. The predicted octanol–water partition coefficient (Wildman–Crippen LogP) is 3.70. The van der Waals surface area contributed by atoms with Gasteiger partial charge in [0.05, 0.1) is 18.9 Å². The van der Waals surface area contributed by atoms with E-state index in [0.717, 1.165) is 16.9 Å². The van der Waals surface area contributed by atoms with Crippen LogP contribution in [-0.4, -0.2) is 23.8 Å². The number of rotatable bonds is 8. The zero-order valence-electron chi connectivity index (χ0n) is 14.0. The number of halogens is 1. The monoisotopic (exact) mass is 360 g/mol. The third kappa shape index (κ3) is 6.57. The number of nitrogens with zero attached hydrogens (tertiary/aromatic N) is 1. The van der Waals surface area contributed by atoms with Crippen LogP contribution in [-0.2, 0) is 4.79 Å². The highest BCUT2D eigenvalue weighted by atomic mass is 35.5. The maximum absolute atomic E-state index is 11.8. The van der Waals surface area contributed by atoms with Gasteiger partial charge in [0.1, 0.15) is 5.75 Å². The van der Waals surface area contributed by atoms with Crippen molar-refractivity contribution in [3.05, 3.63) is 64.7 Å². The molecule has 0 unspecified atom stereocenters. The van der Waals surface area contributed by atoms with Gasteiger partial charge in [-0.15, -0.1) is 0 Å². The van der Waals surface area contributed by atoms with Crippen molar-refractivity contribution < 1.29 is 14.6 Å². The van der Waals surface area contributed by atoms with Gasteiger partial charge in [-0.1, -0.05) is 35.9 Å². The van der Waals surface area contributed by atoms with E-state index in [4.69, 9.17) is 16.3 Å². The number of hydrogen-bond acceptors (Lipinski definition) is 4. The zero-order chi connectivity index (χ0) is 18.1. The van der Waals surface area contributed by atoms with Gasteiger partial charge in [-0.3, -0.25) is 4.79 Å². The minimum Gasteiger partial charge on any atom is -0.494 e. The van der Waals surface area contributed by atoms with Gasteiger partial charge in [0.2, 0.25) is 5.91 Å². The molecule has 0 aliphatic rings. The Hall–Kier alpha value is -2.37. The summed E-state index contributed by atoms with van der Waals surface area (Å²) in [5.41, 5.74) is 3.98. The van der Waals surface area contributed by atoms with Crippen molar-refractivity contribution in [3.63, 3.8) is 0 Å². The van der Waals surface area contributed by atoms with E-state index in [1.807, 2.05) is 13.0 Å². The van der Waals surface area contributed by atoms with E-state index in [9.17, 15) is 9.90 Å². The standard InChI is InChI=1S/C19H21ClN2O3/c1-2-25-17-8-6-15(7-9-17)18(23)10-11-19(24)22-21-13-14-4-3-5-16(20)12-14/h3-9,12-13,18,23H,2,10-11H2,1H3,(H,22,24)/b21-13+/t18-/m0/s1. The van der Waals surface area contributed by atoms with Gasteiger partial charge in [0.25, 0.3) is 0 Å². The third-order valence-electron chi connectivity index (χ3n) is 3.47. The second-order valence-electron chi connectivity index (χ2n) is 5.40. The first-order chi connectivity index (χ1) is 12.1. The lowest BCUT2D eigenvalue weighted by Crippen LogP contribution is -2.18. The van der Waals surface area contributed by atoms with Crippen LogP contribution in [0.4, 0.5) is 0 Å². The maximum atomic E-state index is 11.8. The van der Waals surface area contributed by atoms with Crippen LogP contribution in [0.3, 0.4) is 0 Å². The number of amides is 1. The van der Waals surface area contributed by atoms with Crippen LogP contribution in [0.15, 0.2) is 53.6 Å². The summed E-state index contributed by atoms with van der Waals surface area (Å²) >= 11 is 5.87. The summed E-state index contributed by atoms with van der Waals surface area (Å²) in [6.07, 6.45) is 1.29. The summed E-state index contributed by atoms with van der Waals surface area (Å²) < 4.78 is 5.36. The van der Waals surface area contributed by atoms with Gasteiger partial charge in [0, 0.05) is 11.4 Å². The largest absolute Gasteiger partial charge is 0.494 e. The van der Waals surface area contributed by atoms with Gasteiger partial charge in [-0.25, -0.2) is 5.43 Å².